The average molecular weight is 324 g/mol. The van der Waals surface area contributed by atoms with Gasteiger partial charge in [0.25, 0.3) is 0 Å². The minimum Gasteiger partial charge on any atom is -0.504 e. The Morgan fingerprint density at radius 1 is 1.29 bits per heavy atom. The summed E-state index contributed by atoms with van der Waals surface area (Å²) in [6.45, 7) is 7.39. The molecule has 124 valence electrons. The Morgan fingerprint density at radius 2 is 2.00 bits per heavy atom. The Morgan fingerprint density at radius 3 is 2.62 bits per heavy atom. The molecule has 0 bridgehead atoms. The van der Waals surface area contributed by atoms with Crippen LogP contribution in [0.3, 0.4) is 0 Å². The van der Waals surface area contributed by atoms with Crippen molar-refractivity contribution in [3.05, 3.63) is 65.5 Å². The monoisotopic (exact) mass is 324 g/mol. The number of ether oxygens (including phenoxy) is 1. The van der Waals surface area contributed by atoms with Crippen molar-refractivity contribution in [2.24, 2.45) is 5.41 Å². The fourth-order valence-corrected chi connectivity index (χ4v) is 3.95. The first-order valence-corrected chi connectivity index (χ1v) is 7.81. The first kappa shape index (κ1) is 16.2. The van der Waals surface area contributed by atoms with Gasteiger partial charge in [-0.15, -0.1) is 6.58 Å². The van der Waals surface area contributed by atoms with Crippen LogP contribution in [0.4, 0.5) is 0 Å². The number of Topliss-reactive ketones (excluding diaryl/α,β-unsaturated/α-hetero) is 1. The lowest BCUT2D eigenvalue weighted by atomic mass is 9.55. The smallest absolute Gasteiger partial charge is 0.227 e. The molecule has 2 aliphatic carbocycles. The van der Waals surface area contributed by atoms with Crippen molar-refractivity contribution in [3.8, 4) is 5.75 Å². The Labute approximate surface area is 141 Å². The molecule has 0 amide bonds. The first-order chi connectivity index (χ1) is 11.3. The fourth-order valence-electron chi connectivity index (χ4n) is 3.95. The summed E-state index contributed by atoms with van der Waals surface area (Å²) in [5.74, 6) is -0.310. The minimum atomic E-state index is -0.994. The molecule has 0 unspecified atom stereocenters. The summed E-state index contributed by atoms with van der Waals surface area (Å²) in [6, 6.07) is 5.15. The molecular formula is C20H20O4. The minimum absolute atomic E-state index is 0.138. The Hall–Kier alpha value is -2.62. The molecule has 1 aromatic rings. The molecule has 0 aliphatic heterocycles. The molecule has 24 heavy (non-hydrogen) atoms. The van der Waals surface area contributed by atoms with Crippen molar-refractivity contribution >= 4 is 11.6 Å². The average Bonchev–Trinajstić information content (AvgIpc) is 2.56. The molecule has 1 N–H and O–H groups in total. The van der Waals surface area contributed by atoms with Gasteiger partial charge in [0.2, 0.25) is 5.78 Å². The summed E-state index contributed by atoms with van der Waals surface area (Å²) in [5, 5.41) is 10.7. The van der Waals surface area contributed by atoms with Crippen LogP contribution in [0.1, 0.15) is 36.2 Å². The van der Waals surface area contributed by atoms with Crippen LogP contribution in [0.5, 0.6) is 5.75 Å². The predicted octanol–water partition coefficient (Wildman–Crippen LogP) is 3.68. The van der Waals surface area contributed by atoms with E-state index in [1.807, 2.05) is 6.92 Å². The van der Waals surface area contributed by atoms with Crippen molar-refractivity contribution in [2.45, 2.75) is 25.7 Å². The molecule has 4 heteroatoms. The normalized spacial score (nSPS) is 28.5. The van der Waals surface area contributed by atoms with E-state index in [1.54, 1.807) is 50.5 Å². The first-order valence-electron chi connectivity index (χ1n) is 7.81. The lowest BCUT2D eigenvalue weighted by molar-refractivity contribution is -0.122. The lowest BCUT2D eigenvalue weighted by Gasteiger charge is -2.46. The number of hydrogen-bond donors (Lipinski definition) is 1. The number of hydrogen-bond acceptors (Lipinski definition) is 4. The second kappa shape index (κ2) is 5.20. The molecule has 0 radical (unpaired) electrons. The van der Waals surface area contributed by atoms with Gasteiger partial charge < -0.3 is 9.84 Å². The van der Waals surface area contributed by atoms with Gasteiger partial charge in [-0.25, -0.2) is 0 Å². The Balaban J connectivity index is 2.37. The molecule has 1 aromatic carbocycles. The van der Waals surface area contributed by atoms with Gasteiger partial charge in [-0.1, -0.05) is 12.2 Å². The summed E-state index contributed by atoms with van der Waals surface area (Å²) < 4.78 is 5.29. The van der Waals surface area contributed by atoms with Crippen LogP contribution in [0.25, 0.3) is 0 Å². The van der Waals surface area contributed by atoms with E-state index < -0.39 is 16.6 Å². The largest absolute Gasteiger partial charge is 0.504 e. The standard InChI is InChI=1S/C20H20O4/c1-5-9-20(3)15(21)8-10-19(2)14-11-12(24-4)6-7-13(14)16(22)17(23)18(19)20/h5-8,10-11,23H,1,9H2,2-4H3/t19-,20-/m0/s1. The molecule has 3 rings (SSSR count). The van der Waals surface area contributed by atoms with Crippen molar-refractivity contribution < 1.29 is 19.4 Å². The summed E-state index contributed by atoms with van der Waals surface area (Å²) in [6.07, 6.45) is 5.29. The highest BCUT2D eigenvalue weighted by atomic mass is 16.5. The molecule has 2 aliphatic rings. The van der Waals surface area contributed by atoms with Crippen molar-refractivity contribution in [1.82, 2.24) is 0 Å². The Kier molecular flexibility index (Phi) is 3.52. The SMILES string of the molecule is C=CC[C@@]1(C)C(=O)C=C[C@]2(C)C1=C(O)C(=O)c1ccc(OC)cc12. The van der Waals surface area contributed by atoms with E-state index in [2.05, 4.69) is 6.58 Å². The van der Waals surface area contributed by atoms with E-state index in [0.29, 0.717) is 23.3 Å². The third kappa shape index (κ3) is 1.92. The van der Waals surface area contributed by atoms with Gasteiger partial charge in [0.1, 0.15) is 5.75 Å². The number of aliphatic hydroxyl groups excluding tert-OH is 1. The van der Waals surface area contributed by atoms with Gasteiger partial charge in [0, 0.05) is 16.6 Å². The molecule has 4 nitrogen and oxygen atoms in total. The quantitative estimate of drug-likeness (QED) is 0.862. The molecule has 0 spiro atoms. The zero-order valence-corrected chi connectivity index (χ0v) is 14.1. The van der Waals surface area contributed by atoms with Gasteiger partial charge in [-0.2, -0.15) is 0 Å². The molecule has 0 saturated carbocycles. The fraction of sp³-hybridized carbons (Fsp3) is 0.300. The number of benzene rings is 1. The number of ketones is 2. The van der Waals surface area contributed by atoms with Crippen LogP contribution in [-0.4, -0.2) is 23.8 Å². The topological polar surface area (TPSA) is 63.6 Å². The highest BCUT2D eigenvalue weighted by Crippen LogP contribution is 2.54. The van der Waals surface area contributed by atoms with E-state index in [0.717, 1.165) is 5.56 Å². The predicted molar refractivity (Wildman–Crippen MR) is 91.4 cm³/mol. The van der Waals surface area contributed by atoms with E-state index >= 15 is 0 Å². The number of fused-ring (bicyclic) bond motifs is 3. The third-order valence-electron chi connectivity index (χ3n) is 5.22. The number of carbonyl (C=O) groups excluding carboxylic acids is 2. The van der Waals surface area contributed by atoms with Crippen molar-refractivity contribution in [2.75, 3.05) is 7.11 Å². The third-order valence-corrected chi connectivity index (χ3v) is 5.22. The second-order valence-corrected chi connectivity index (χ2v) is 6.69. The van der Waals surface area contributed by atoms with E-state index in [1.165, 1.54) is 0 Å². The molecule has 0 saturated heterocycles. The summed E-state index contributed by atoms with van der Waals surface area (Å²) in [5.41, 5.74) is -0.148. The molecular weight excluding hydrogens is 304 g/mol. The van der Waals surface area contributed by atoms with Crippen LogP contribution in [-0.2, 0) is 10.2 Å². The van der Waals surface area contributed by atoms with E-state index in [-0.39, 0.29) is 11.5 Å². The lowest BCUT2D eigenvalue weighted by Crippen LogP contribution is -2.46. The number of allylic oxidation sites excluding steroid dienone is 5. The highest BCUT2D eigenvalue weighted by Gasteiger charge is 2.53. The van der Waals surface area contributed by atoms with Gasteiger partial charge in [0.05, 0.1) is 12.5 Å². The Bertz CT molecular complexity index is 830. The maximum Gasteiger partial charge on any atom is 0.227 e. The van der Waals surface area contributed by atoms with Crippen LogP contribution in [0, 0.1) is 5.41 Å². The number of carbonyl (C=O) groups is 2. The van der Waals surface area contributed by atoms with Crippen LogP contribution >= 0.6 is 0 Å². The summed E-state index contributed by atoms with van der Waals surface area (Å²) >= 11 is 0. The molecule has 0 aromatic heterocycles. The van der Waals surface area contributed by atoms with Crippen LogP contribution in [0.2, 0.25) is 0 Å². The van der Waals surface area contributed by atoms with Gasteiger partial charge in [-0.3, -0.25) is 9.59 Å². The number of methoxy groups -OCH3 is 1. The number of aliphatic hydroxyl groups is 1. The van der Waals surface area contributed by atoms with Crippen LogP contribution in [0.15, 0.2) is 54.3 Å². The second-order valence-electron chi connectivity index (χ2n) is 6.69. The maximum absolute atomic E-state index is 12.7. The molecule has 0 fully saturated rings. The summed E-state index contributed by atoms with van der Waals surface area (Å²) in [4.78, 5) is 25.3. The van der Waals surface area contributed by atoms with Gasteiger partial charge in [-0.05, 0) is 50.1 Å². The van der Waals surface area contributed by atoms with Crippen molar-refractivity contribution in [1.29, 1.82) is 0 Å². The van der Waals surface area contributed by atoms with Crippen molar-refractivity contribution in [3.63, 3.8) is 0 Å². The maximum atomic E-state index is 12.7. The van der Waals surface area contributed by atoms with E-state index in [9.17, 15) is 14.7 Å². The zero-order chi connectivity index (χ0) is 17.7. The zero-order valence-electron chi connectivity index (χ0n) is 14.1. The van der Waals surface area contributed by atoms with E-state index in [4.69, 9.17) is 4.74 Å². The van der Waals surface area contributed by atoms with Gasteiger partial charge in [0.15, 0.2) is 11.5 Å². The molecule has 2 atom stereocenters. The summed E-state index contributed by atoms with van der Waals surface area (Å²) in [7, 11) is 1.56. The number of rotatable bonds is 3. The van der Waals surface area contributed by atoms with Crippen LogP contribution < -0.4 is 4.74 Å². The van der Waals surface area contributed by atoms with Gasteiger partial charge >= 0.3 is 0 Å². The highest BCUT2D eigenvalue weighted by molar-refractivity contribution is 6.13. The molecule has 0 heterocycles.